The average molecular weight is 184 g/mol. The van der Waals surface area contributed by atoms with Crippen molar-refractivity contribution in [1.29, 1.82) is 0 Å². The van der Waals surface area contributed by atoms with Crippen LogP contribution in [-0.2, 0) is 0 Å². The minimum atomic E-state index is -3.80. The number of rotatable bonds is 2. The molecule has 0 spiro atoms. The molecular formula is C8H12F4. The van der Waals surface area contributed by atoms with Crippen LogP contribution >= 0.6 is 0 Å². The Morgan fingerprint density at radius 2 is 1.33 bits per heavy atom. The van der Waals surface area contributed by atoms with Gasteiger partial charge in [0.05, 0.1) is 0 Å². The van der Waals surface area contributed by atoms with Crippen molar-refractivity contribution in [2.24, 2.45) is 11.3 Å². The summed E-state index contributed by atoms with van der Waals surface area (Å²) >= 11 is 0. The minimum absolute atomic E-state index is 0.176. The van der Waals surface area contributed by atoms with Crippen molar-refractivity contribution < 1.29 is 17.6 Å². The van der Waals surface area contributed by atoms with E-state index in [0.29, 0.717) is 0 Å². The van der Waals surface area contributed by atoms with Gasteiger partial charge in [-0.05, 0) is 12.3 Å². The van der Waals surface area contributed by atoms with Crippen LogP contribution in [-0.4, -0.2) is 11.8 Å². The summed E-state index contributed by atoms with van der Waals surface area (Å²) in [7, 11) is 0. The Balaban J connectivity index is 3.03. The van der Waals surface area contributed by atoms with Gasteiger partial charge in [0.1, 0.15) is 5.41 Å². The van der Waals surface area contributed by atoms with E-state index in [4.69, 9.17) is 0 Å². The molecule has 0 aromatic heterocycles. The molecule has 0 aromatic carbocycles. The third kappa shape index (κ3) is 0.650. The molecular weight excluding hydrogens is 172 g/mol. The second-order valence-electron chi connectivity index (χ2n) is 3.63. The molecule has 1 saturated carbocycles. The van der Waals surface area contributed by atoms with Gasteiger partial charge in [-0.15, -0.1) is 0 Å². The van der Waals surface area contributed by atoms with Gasteiger partial charge in [0, 0.05) is 0 Å². The molecule has 0 atom stereocenters. The highest BCUT2D eigenvalue weighted by molar-refractivity contribution is 5.26. The Labute approximate surface area is 69.0 Å². The van der Waals surface area contributed by atoms with E-state index in [2.05, 4.69) is 0 Å². The van der Waals surface area contributed by atoms with Crippen molar-refractivity contribution in [3.8, 4) is 0 Å². The van der Waals surface area contributed by atoms with E-state index in [1.54, 1.807) is 0 Å². The first-order chi connectivity index (χ1) is 5.25. The Bertz CT molecular complexity index is 181. The Kier molecular flexibility index (Phi) is 1.75. The van der Waals surface area contributed by atoms with Gasteiger partial charge in [0.2, 0.25) is 0 Å². The summed E-state index contributed by atoms with van der Waals surface area (Å²) in [4.78, 5) is 0. The van der Waals surface area contributed by atoms with Crippen molar-refractivity contribution in [1.82, 2.24) is 0 Å². The van der Waals surface area contributed by atoms with Gasteiger partial charge in [-0.2, -0.15) is 17.6 Å². The third-order valence-corrected chi connectivity index (χ3v) is 3.00. The molecule has 1 aliphatic carbocycles. The molecule has 72 valence electrons. The highest BCUT2D eigenvalue weighted by atomic mass is 19.3. The lowest BCUT2D eigenvalue weighted by Gasteiger charge is -2.16. The SMILES string of the molecule is CCC1(C(C)C)C(F)(F)C1(F)F. The summed E-state index contributed by atoms with van der Waals surface area (Å²) in [6.45, 7) is 4.21. The van der Waals surface area contributed by atoms with Crippen molar-refractivity contribution in [3.05, 3.63) is 0 Å². The second-order valence-corrected chi connectivity index (χ2v) is 3.63. The first-order valence-electron chi connectivity index (χ1n) is 4.01. The molecule has 4 heteroatoms. The fourth-order valence-electron chi connectivity index (χ4n) is 2.07. The summed E-state index contributed by atoms with van der Waals surface area (Å²) in [5.74, 6) is -8.29. The molecule has 0 nitrogen and oxygen atoms in total. The van der Waals surface area contributed by atoms with Crippen molar-refractivity contribution in [2.45, 2.75) is 39.0 Å². The van der Waals surface area contributed by atoms with Gasteiger partial charge in [-0.1, -0.05) is 20.8 Å². The molecule has 0 aromatic rings. The van der Waals surface area contributed by atoms with E-state index < -0.39 is 23.2 Å². The molecule has 1 aliphatic rings. The standard InChI is InChI=1S/C8H12F4/c1-4-6(5(2)3)7(9,10)8(6,11)12/h5H,4H2,1-3H3. The van der Waals surface area contributed by atoms with Crippen LogP contribution in [0.2, 0.25) is 0 Å². The minimum Gasteiger partial charge on any atom is -0.199 e. The van der Waals surface area contributed by atoms with Crippen LogP contribution in [0.4, 0.5) is 17.6 Å². The lowest BCUT2D eigenvalue weighted by Crippen LogP contribution is -2.18. The van der Waals surface area contributed by atoms with Crippen LogP contribution in [0.1, 0.15) is 27.2 Å². The highest BCUT2D eigenvalue weighted by Crippen LogP contribution is 2.76. The van der Waals surface area contributed by atoms with Gasteiger partial charge in [0.25, 0.3) is 0 Å². The van der Waals surface area contributed by atoms with E-state index in [1.165, 1.54) is 20.8 Å². The quantitative estimate of drug-likeness (QED) is 0.577. The number of alkyl halides is 4. The molecule has 0 heterocycles. The van der Waals surface area contributed by atoms with E-state index in [9.17, 15) is 17.6 Å². The van der Waals surface area contributed by atoms with E-state index >= 15 is 0 Å². The molecule has 1 rings (SSSR count). The van der Waals surface area contributed by atoms with Crippen molar-refractivity contribution in [2.75, 3.05) is 0 Å². The Hall–Kier alpha value is -0.280. The first-order valence-corrected chi connectivity index (χ1v) is 4.01. The topological polar surface area (TPSA) is 0 Å². The van der Waals surface area contributed by atoms with Crippen LogP contribution in [0.3, 0.4) is 0 Å². The third-order valence-electron chi connectivity index (χ3n) is 3.00. The Morgan fingerprint density at radius 1 is 1.00 bits per heavy atom. The predicted octanol–water partition coefficient (Wildman–Crippen LogP) is 3.32. The van der Waals surface area contributed by atoms with Crippen LogP contribution in [0.5, 0.6) is 0 Å². The molecule has 12 heavy (non-hydrogen) atoms. The maximum Gasteiger partial charge on any atom is 0.322 e. The summed E-state index contributed by atoms with van der Waals surface area (Å²) in [6, 6.07) is 0. The van der Waals surface area contributed by atoms with Crippen molar-refractivity contribution in [3.63, 3.8) is 0 Å². The molecule has 0 aliphatic heterocycles. The van der Waals surface area contributed by atoms with Gasteiger partial charge in [-0.25, -0.2) is 0 Å². The monoisotopic (exact) mass is 184 g/mol. The molecule has 0 N–H and O–H groups in total. The fourth-order valence-corrected chi connectivity index (χ4v) is 2.07. The predicted molar refractivity (Wildman–Crippen MR) is 37.5 cm³/mol. The molecule has 0 unspecified atom stereocenters. The Morgan fingerprint density at radius 3 is 1.33 bits per heavy atom. The number of hydrogen-bond acceptors (Lipinski definition) is 0. The normalized spacial score (nSPS) is 29.0. The zero-order chi connectivity index (χ0) is 9.78. The van der Waals surface area contributed by atoms with Gasteiger partial charge < -0.3 is 0 Å². The van der Waals surface area contributed by atoms with Crippen LogP contribution < -0.4 is 0 Å². The van der Waals surface area contributed by atoms with Crippen LogP contribution in [0.25, 0.3) is 0 Å². The zero-order valence-corrected chi connectivity index (χ0v) is 7.30. The molecule has 1 fully saturated rings. The van der Waals surface area contributed by atoms with Gasteiger partial charge in [0.15, 0.2) is 0 Å². The number of hydrogen-bond donors (Lipinski definition) is 0. The summed E-state index contributed by atoms with van der Waals surface area (Å²) < 4.78 is 50.9. The van der Waals surface area contributed by atoms with Crippen LogP contribution in [0, 0.1) is 11.3 Å². The smallest absolute Gasteiger partial charge is 0.199 e. The van der Waals surface area contributed by atoms with E-state index in [1.807, 2.05) is 0 Å². The molecule has 0 saturated heterocycles. The molecule has 0 radical (unpaired) electrons. The maximum atomic E-state index is 12.7. The summed E-state index contributed by atoms with van der Waals surface area (Å²) in [5, 5.41) is 0. The lowest BCUT2D eigenvalue weighted by atomic mass is 9.88. The van der Waals surface area contributed by atoms with Gasteiger partial charge in [-0.3, -0.25) is 0 Å². The molecule has 0 amide bonds. The van der Waals surface area contributed by atoms with E-state index in [0.717, 1.165) is 0 Å². The lowest BCUT2D eigenvalue weighted by molar-refractivity contribution is -0.0278. The average Bonchev–Trinajstić information content (AvgIpc) is 2.21. The van der Waals surface area contributed by atoms with E-state index in [-0.39, 0.29) is 6.42 Å². The fraction of sp³-hybridized carbons (Fsp3) is 1.00. The molecule has 0 bridgehead atoms. The van der Waals surface area contributed by atoms with Gasteiger partial charge >= 0.3 is 11.8 Å². The van der Waals surface area contributed by atoms with Crippen LogP contribution in [0.15, 0.2) is 0 Å². The van der Waals surface area contributed by atoms with Crippen molar-refractivity contribution >= 4 is 0 Å². The summed E-state index contributed by atoms with van der Waals surface area (Å²) in [6.07, 6.45) is -0.176. The zero-order valence-electron chi connectivity index (χ0n) is 7.30. The first kappa shape index (κ1) is 9.81. The maximum absolute atomic E-state index is 12.7. The number of halogens is 4. The largest absolute Gasteiger partial charge is 0.322 e. The summed E-state index contributed by atoms with van der Waals surface area (Å²) in [5.41, 5.74) is -2.08. The second kappa shape index (κ2) is 2.15. The highest BCUT2D eigenvalue weighted by Gasteiger charge is 2.95.